The summed E-state index contributed by atoms with van der Waals surface area (Å²) < 4.78 is 9.58. The molecule has 0 saturated carbocycles. The summed E-state index contributed by atoms with van der Waals surface area (Å²) >= 11 is 0. The van der Waals surface area contributed by atoms with Crippen LogP contribution in [0, 0.1) is 0 Å². The van der Waals surface area contributed by atoms with E-state index in [2.05, 4.69) is 9.89 Å². The summed E-state index contributed by atoms with van der Waals surface area (Å²) in [7, 11) is 1.35. The zero-order valence-electron chi connectivity index (χ0n) is 7.69. The SMILES string of the molecule is COC(=O)Cc1onc2ccccc12. The number of carbonyl (C=O) groups excluding carboxylic acids is 1. The molecule has 2 aromatic rings. The second-order valence-electron chi connectivity index (χ2n) is 2.88. The number of hydrogen-bond acceptors (Lipinski definition) is 4. The Morgan fingerprint density at radius 3 is 3.07 bits per heavy atom. The van der Waals surface area contributed by atoms with Gasteiger partial charge in [-0.05, 0) is 12.1 Å². The minimum Gasteiger partial charge on any atom is -0.469 e. The van der Waals surface area contributed by atoms with Gasteiger partial charge in [0.25, 0.3) is 0 Å². The van der Waals surface area contributed by atoms with E-state index in [1.165, 1.54) is 7.11 Å². The number of benzene rings is 1. The predicted molar refractivity (Wildman–Crippen MR) is 49.7 cm³/mol. The van der Waals surface area contributed by atoms with Crippen molar-refractivity contribution < 1.29 is 14.1 Å². The molecule has 0 bridgehead atoms. The summed E-state index contributed by atoms with van der Waals surface area (Å²) in [4.78, 5) is 11.0. The molecule has 0 atom stereocenters. The standard InChI is InChI=1S/C10H9NO3/c1-13-10(12)6-9-7-4-2-3-5-8(7)11-14-9/h2-5H,6H2,1H3. The first kappa shape index (κ1) is 8.74. The van der Waals surface area contributed by atoms with Crippen molar-refractivity contribution in [1.82, 2.24) is 5.16 Å². The first-order valence-corrected chi connectivity index (χ1v) is 4.21. The molecule has 0 fully saturated rings. The lowest BCUT2D eigenvalue weighted by atomic mass is 10.2. The van der Waals surface area contributed by atoms with Crippen molar-refractivity contribution in [3.05, 3.63) is 30.0 Å². The lowest BCUT2D eigenvalue weighted by Crippen LogP contribution is -2.03. The zero-order valence-corrected chi connectivity index (χ0v) is 7.69. The molecule has 14 heavy (non-hydrogen) atoms. The third kappa shape index (κ3) is 1.46. The maximum absolute atomic E-state index is 11.0. The van der Waals surface area contributed by atoms with Gasteiger partial charge in [0.2, 0.25) is 0 Å². The summed E-state index contributed by atoms with van der Waals surface area (Å²) in [5, 5.41) is 4.68. The molecule has 0 spiro atoms. The summed E-state index contributed by atoms with van der Waals surface area (Å²) in [5.74, 6) is 0.222. The molecule has 1 aromatic carbocycles. The highest BCUT2D eigenvalue weighted by Gasteiger charge is 2.11. The quantitative estimate of drug-likeness (QED) is 0.675. The van der Waals surface area contributed by atoms with Crippen LogP contribution in [-0.2, 0) is 16.0 Å². The number of ether oxygens (including phenoxy) is 1. The monoisotopic (exact) mass is 191 g/mol. The van der Waals surface area contributed by atoms with Gasteiger partial charge < -0.3 is 9.26 Å². The van der Waals surface area contributed by atoms with Gasteiger partial charge in [-0.15, -0.1) is 0 Å². The molecule has 0 unspecified atom stereocenters. The van der Waals surface area contributed by atoms with Crippen LogP contribution in [0.15, 0.2) is 28.8 Å². The second-order valence-corrected chi connectivity index (χ2v) is 2.88. The molecule has 2 rings (SSSR count). The van der Waals surface area contributed by atoms with Gasteiger partial charge in [0.05, 0.1) is 7.11 Å². The number of aromatic nitrogens is 1. The Hall–Kier alpha value is -1.84. The molecule has 4 nitrogen and oxygen atoms in total. The van der Waals surface area contributed by atoms with E-state index in [0.717, 1.165) is 10.9 Å². The number of methoxy groups -OCH3 is 1. The fraction of sp³-hybridized carbons (Fsp3) is 0.200. The van der Waals surface area contributed by atoms with Crippen LogP contribution in [-0.4, -0.2) is 18.2 Å². The van der Waals surface area contributed by atoms with Gasteiger partial charge in [-0.25, -0.2) is 0 Å². The van der Waals surface area contributed by atoms with Crippen molar-refractivity contribution in [2.24, 2.45) is 0 Å². The number of hydrogen-bond donors (Lipinski definition) is 0. The van der Waals surface area contributed by atoms with Crippen LogP contribution in [0.3, 0.4) is 0 Å². The van der Waals surface area contributed by atoms with Crippen LogP contribution in [0.25, 0.3) is 10.9 Å². The Morgan fingerprint density at radius 2 is 2.29 bits per heavy atom. The minimum absolute atomic E-state index is 0.122. The van der Waals surface area contributed by atoms with Crippen molar-refractivity contribution in [2.45, 2.75) is 6.42 Å². The molecule has 1 heterocycles. The van der Waals surface area contributed by atoms with Crippen LogP contribution >= 0.6 is 0 Å². The molecule has 0 aliphatic carbocycles. The van der Waals surface area contributed by atoms with Crippen LogP contribution < -0.4 is 0 Å². The highest BCUT2D eigenvalue weighted by Crippen LogP contribution is 2.18. The van der Waals surface area contributed by atoms with Crippen molar-refractivity contribution >= 4 is 16.9 Å². The van der Waals surface area contributed by atoms with Crippen LogP contribution in [0.4, 0.5) is 0 Å². The number of esters is 1. The maximum atomic E-state index is 11.0. The van der Waals surface area contributed by atoms with Gasteiger partial charge in [0.1, 0.15) is 11.9 Å². The summed E-state index contributed by atoms with van der Waals surface area (Å²) in [6.07, 6.45) is 0.122. The fourth-order valence-electron chi connectivity index (χ4n) is 1.27. The van der Waals surface area contributed by atoms with E-state index < -0.39 is 0 Å². The van der Waals surface area contributed by atoms with E-state index in [0.29, 0.717) is 5.76 Å². The van der Waals surface area contributed by atoms with E-state index in [-0.39, 0.29) is 12.4 Å². The number of nitrogens with zero attached hydrogens (tertiary/aromatic N) is 1. The predicted octanol–water partition coefficient (Wildman–Crippen LogP) is 1.54. The molecule has 0 amide bonds. The molecule has 4 heteroatoms. The molecule has 0 aliphatic rings. The zero-order chi connectivity index (χ0) is 9.97. The Labute approximate surface area is 80.4 Å². The third-order valence-electron chi connectivity index (χ3n) is 1.99. The Morgan fingerprint density at radius 1 is 1.50 bits per heavy atom. The van der Waals surface area contributed by atoms with Crippen molar-refractivity contribution in [1.29, 1.82) is 0 Å². The topological polar surface area (TPSA) is 52.3 Å². The highest BCUT2D eigenvalue weighted by atomic mass is 16.5. The van der Waals surface area contributed by atoms with E-state index in [1.807, 2.05) is 24.3 Å². The molecule has 0 saturated heterocycles. The highest BCUT2D eigenvalue weighted by molar-refractivity contribution is 5.84. The van der Waals surface area contributed by atoms with Gasteiger partial charge in [-0.3, -0.25) is 4.79 Å². The van der Waals surface area contributed by atoms with E-state index in [1.54, 1.807) is 0 Å². The molecule has 72 valence electrons. The largest absolute Gasteiger partial charge is 0.469 e. The van der Waals surface area contributed by atoms with E-state index >= 15 is 0 Å². The number of fused-ring (bicyclic) bond motifs is 1. The van der Waals surface area contributed by atoms with E-state index in [4.69, 9.17) is 4.52 Å². The lowest BCUT2D eigenvalue weighted by molar-refractivity contribution is -0.140. The van der Waals surface area contributed by atoms with Crippen LogP contribution in [0.2, 0.25) is 0 Å². The van der Waals surface area contributed by atoms with Crippen molar-refractivity contribution in [3.8, 4) is 0 Å². The Kier molecular flexibility index (Phi) is 2.18. The van der Waals surface area contributed by atoms with E-state index in [9.17, 15) is 4.79 Å². The van der Waals surface area contributed by atoms with Gasteiger partial charge in [-0.1, -0.05) is 17.3 Å². The maximum Gasteiger partial charge on any atom is 0.313 e. The second kappa shape index (κ2) is 3.49. The summed E-state index contributed by atoms with van der Waals surface area (Å²) in [5.41, 5.74) is 0.756. The van der Waals surface area contributed by atoms with Crippen LogP contribution in [0.5, 0.6) is 0 Å². The first-order valence-electron chi connectivity index (χ1n) is 4.21. The molecular weight excluding hydrogens is 182 g/mol. The first-order chi connectivity index (χ1) is 6.81. The van der Waals surface area contributed by atoms with Gasteiger partial charge in [-0.2, -0.15) is 0 Å². The molecule has 0 aliphatic heterocycles. The van der Waals surface area contributed by atoms with Crippen molar-refractivity contribution in [2.75, 3.05) is 7.11 Å². The van der Waals surface area contributed by atoms with Crippen LogP contribution in [0.1, 0.15) is 5.76 Å². The number of rotatable bonds is 2. The average Bonchev–Trinajstić information content (AvgIpc) is 2.62. The third-order valence-corrected chi connectivity index (χ3v) is 1.99. The molecule has 0 radical (unpaired) electrons. The smallest absolute Gasteiger partial charge is 0.313 e. The normalized spacial score (nSPS) is 10.4. The molecule has 1 aromatic heterocycles. The number of carbonyl (C=O) groups is 1. The average molecular weight is 191 g/mol. The lowest BCUT2D eigenvalue weighted by Gasteiger charge is -1.94. The minimum atomic E-state index is -0.327. The van der Waals surface area contributed by atoms with Gasteiger partial charge in [0.15, 0.2) is 5.76 Å². The van der Waals surface area contributed by atoms with Gasteiger partial charge >= 0.3 is 5.97 Å². The molecular formula is C10H9NO3. The van der Waals surface area contributed by atoms with Crippen molar-refractivity contribution in [3.63, 3.8) is 0 Å². The Balaban J connectivity index is 2.38. The summed E-state index contributed by atoms with van der Waals surface area (Å²) in [6, 6.07) is 7.44. The summed E-state index contributed by atoms with van der Waals surface area (Å²) in [6.45, 7) is 0. The Bertz CT molecular complexity index is 461. The van der Waals surface area contributed by atoms with Gasteiger partial charge in [0, 0.05) is 5.39 Å². The fourth-order valence-corrected chi connectivity index (χ4v) is 1.27. The molecule has 0 N–H and O–H groups in total.